The Balaban J connectivity index is 1.94. The van der Waals surface area contributed by atoms with E-state index in [4.69, 9.17) is 4.74 Å². The second-order valence-electron chi connectivity index (χ2n) is 4.96. The fourth-order valence-electron chi connectivity index (χ4n) is 2.71. The molecule has 4 rings (SSSR count). The fraction of sp³-hybridized carbons (Fsp3) is 0.0556. The van der Waals surface area contributed by atoms with Gasteiger partial charge < -0.3 is 4.74 Å². The van der Waals surface area contributed by atoms with Gasteiger partial charge in [0.25, 0.3) is 0 Å². The molecule has 0 radical (unpaired) electrons. The fourth-order valence-corrected chi connectivity index (χ4v) is 3.74. The van der Waals surface area contributed by atoms with E-state index in [-0.39, 0.29) is 6.10 Å². The lowest BCUT2D eigenvalue weighted by molar-refractivity contribution is 0.112. The molecule has 0 saturated carbocycles. The summed E-state index contributed by atoms with van der Waals surface area (Å²) < 4.78 is 6.19. The maximum atomic E-state index is 11.1. The molecule has 0 aliphatic carbocycles. The van der Waals surface area contributed by atoms with Gasteiger partial charge in [-0.25, -0.2) is 0 Å². The first-order chi connectivity index (χ1) is 10.4. The number of para-hydroxylation sites is 1. The van der Waals surface area contributed by atoms with Crippen molar-refractivity contribution in [2.24, 2.45) is 0 Å². The molecule has 1 aromatic heterocycles. The van der Waals surface area contributed by atoms with Crippen LogP contribution in [-0.2, 0) is 0 Å². The van der Waals surface area contributed by atoms with E-state index in [0.29, 0.717) is 0 Å². The Bertz CT molecular complexity index is 805. The smallest absolute Gasteiger partial charge is 0.160 e. The second-order valence-corrected chi connectivity index (χ2v) is 6.04. The highest BCUT2D eigenvalue weighted by Crippen LogP contribution is 2.48. The monoisotopic (exact) mass is 292 g/mol. The van der Waals surface area contributed by atoms with Crippen molar-refractivity contribution in [1.29, 1.82) is 0 Å². The van der Waals surface area contributed by atoms with Crippen LogP contribution in [0.2, 0.25) is 0 Å². The first-order valence-corrected chi connectivity index (χ1v) is 7.58. The molecule has 102 valence electrons. The van der Waals surface area contributed by atoms with Gasteiger partial charge in [0.2, 0.25) is 0 Å². The van der Waals surface area contributed by atoms with Crippen LogP contribution in [0.25, 0.3) is 10.4 Å². The molecule has 1 unspecified atom stereocenters. The first kappa shape index (κ1) is 12.4. The highest BCUT2D eigenvalue weighted by Gasteiger charge is 2.29. The number of carbonyl (C=O) groups is 1. The van der Waals surface area contributed by atoms with Crippen LogP contribution < -0.4 is 4.74 Å². The van der Waals surface area contributed by atoms with E-state index in [1.807, 2.05) is 48.5 Å². The third kappa shape index (κ3) is 1.98. The maximum Gasteiger partial charge on any atom is 0.160 e. The van der Waals surface area contributed by atoms with E-state index in [1.54, 1.807) is 0 Å². The summed E-state index contributed by atoms with van der Waals surface area (Å²) in [4.78, 5) is 13.0. The molecule has 2 aromatic carbocycles. The minimum absolute atomic E-state index is 0.152. The molecule has 2 nitrogen and oxygen atoms in total. The normalized spacial score (nSPS) is 15.7. The molecule has 0 amide bonds. The summed E-state index contributed by atoms with van der Waals surface area (Å²) >= 11 is 1.53. The quantitative estimate of drug-likeness (QED) is 0.639. The van der Waals surface area contributed by atoms with Crippen molar-refractivity contribution in [2.45, 2.75) is 6.10 Å². The first-order valence-electron chi connectivity index (χ1n) is 6.77. The van der Waals surface area contributed by atoms with Gasteiger partial charge in [-0.3, -0.25) is 4.79 Å². The summed E-state index contributed by atoms with van der Waals surface area (Å²) in [6.45, 7) is 0. The predicted molar refractivity (Wildman–Crippen MR) is 84.1 cm³/mol. The maximum absolute atomic E-state index is 11.1. The number of carbonyl (C=O) groups excluding carboxylic acids is 1. The Kier molecular flexibility index (Phi) is 2.86. The summed E-state index contributed by atoms with van der Waals surface area (Å²) in [6.07, 6.45) is 0.759. The number of rotatable bonds is 2. The van der Waals surface area contributed by atoms with Crippen molar-refractivity contribution < 1.29 is 9.53 Å². The van der Waals surface area contributed by atoms with Gasteiger partial charge in [-0.1, -0.05) is 42.5 Å². The molecule has 1 aliphatic rings. The van der Waals surface area contributed by atoms with Crippen molar-refractivity contribution >= 4 is 17.6 Å². The summed E-state index contributed by atoms with van der Waals surface area (Å²) in [7, 11) is 0. The molecule has 0 spiro atoms. The summed E-state index contributed by atoms with van der Waals surface area (Å²) in [5.74, 6) is 0.873. The van der Waals surface area contributed by atoms with Crippen molar-refractivity contribution in [1.82, 2.24) is 0 Å². The summed E-state index contributed by atoms with van der Waals surface area (Å²) in [5, 5.41) is 0. The van der Waals surface area contributed by atoms with Crippen molar-refractivity contribution in [2.75, 3.05) is 0 Å². The molecule has 0 fully saturated rings. The van der Waals surface area contributed by atoms with E-state index >= 15 is 0 Å². The highest BCUT2D eigenvalue weighted by atomic mass is 32.1. The zero-order valence-corrected chi connectivity index (χ0v) is 12.0. The number of aldehydes is 1. The minimum atomic E-state index is -0.152. The van der Waals surface area contributed by atoms with Crippen molar-refractivity contribution in [3.05, 3.63) is 76.7 Å². The lowest BCUT2D eigenvalue weighted by atomic mass is 9.96. The van der Waals surface area contributed by atoms with E-state index < -0.39 is 0 Å². The lowest BCUT2D eigenvalue weighted by Gasteiger charge is -2.26. The van der Waals surface area contributed by atoms with Gasteiger partial charge in [0.15, 0.2) is 12.4 Å². The van der Waals surface area contributed by atoms with Crippen LogP contribution in [0.1, 0.15) is 26.9 Å². The average molecular weight is 292 g/mol. The predicted octanol–water partition coefficient (Wildman–Crippen LogP) is 4.71. The average Bonchev–Trinajstić information content (AvgIpc) is 2.99. The molecule has 3 aromatic rings. The van der Waals surface area contributed by atoms with Gasteiger partial charge in [-0.05, 0) is 23.8 Å². The SMILES string of the molecule is O=Cc1cc2c(s1)-c1ccccc1OC2c1ccccc1. The molecule has 2 heterocycles. The molecular weight excluding hydrogens is 280 g/mol. The summed E-state index contributed by atoms with van der Waals surface area (Å²) in [5.41, 5.74) is 3.24. The second kappa shape index (κ2) is 4.86. The molecule has 1 atom stereocenters. The van der Waals surface area contributed by atoms with E-state index in [0.717, 1.165) is 38.5 Å². The zero-order valence-electron chi connectivity index (χ0n) is 11.2. The lowest BCUT2D eigenvalue weighted by Crippen LogP contribution is -2.13. The van der Waals surface area contributed by atoms with Crippen LogP contribution in [0.4, 0.5) is 0 Å². The van der Waals surface area contributed by atoms with Gasteiger partial charge in [-0.2, -0.15) is 0 Å². The number of hydrogen-bond donors (Lipinski definition) is 0. The largest absolute Gasteiger partial charge is 0.480 e. The molecule has 1 aliphatic heterocycles. The van der Waals surface area contributed by atoms with Crippen LogP contribution in [0.15, 0.2) is 60.7 Å². The van der Waals surface area contributed by atoms with Gasteiger partial charge in [0, 0.05) is 16.0 Å². The highest BCUT2D eigenvalue weighted by molar-refractivity contribution is 7.17. The minimum Gasteiger partial charge on any atom is -0.480 e. The number of fused-ring (bicyclic) bond motifs is 3. The molecule has 3 heteroatoms. The molecular formula is C18H12O2S. The Morgan fingerprint density at radius 1 is 1.00 bits per heavy atom. The topological polar surface area (TPSA) is 26.3 Å². The summed E-state index contributed by atoms with van der Waals surface area (Å²) in [6, 6.07) is 20.1. The zero-order chi connectivity index (χ0) is 14.2. The van der Waals surface area contributed by atoms with Gasteiger partial charge in [-0.15, -0.1) is 11.3 Å². The van der Waals surface area contributed by atoms with Crippen LogP contribution >= 0.6 is 11.3 Å². The van der Waals surface area contributed by atoms with Crippen LogP contribution in [0.3, 0.4) is 0 Å². The van der Waals surface area contributed by atoms with Gasteiger partial charge >= 0.3 is 0 Å². The number of benzene rings is 2. The van der Waals surface area contributed by atoms with E-state index in [9.17, 15) is 4.79 Å². The van der Waals surface area contributed by atoms with E-state index in [1.165, 1.54) is 11.3 Å². The van der Waals surface area contributed by atoms with Gasteiger partial charge in [0.1, 0.15) is 5.75 Å². The Morgan fingerprint density at radius 2 is 1.76 bits per heavy atom. The number of ether oxygens (including phenoxy) is 1. The standard InChI is InChI=1S/C18H12O2S/c19-11-13-10-15-17(12-6-2-1-3-7-12)20-16-9-5-4-8-14(16)18(15)21-13/h1-11,17H. The molecule has 0 saturated heterocycles. The Hall–Kier alpha value is -2.39. The molecule has 21 heavy (non-hydrogen) atoms. The van der Waals surface area contributed by atoms with Crippen LogP contribution in [-0.4, -0.2) is 6.29 Å². The molecule has 0 N–H and O–H groups in total. The number of hydrogen-bond acceptors (Lipinski definition) is 3. The van der Waals surface area contributed by atoms with Crippen LogP contribution in [0, 0.1) is 0 Å². The number of thiophene rings is 1. The van der Waals surface area contributed by atoms with Crippen LogP contribution in [0.5, 0.6) is 5.75 Å². The molecule has 0 bridgehead atoms. The van der Waals surface area contributed by atoms with Crippen molar-refractivity contribution in [3.8, 4) is 16.2 Å². The van der Waals surface area contributed by atoms with Gasteiger partial charge in [0.05, 0.1) is 4.88 Å². The Morgan fingerprint density at radius 3 is 2.57 bits per heavy atom. The van der Waals surface area contributed by atoms with E-state index in [2.05, 4.69) is 12.1 Å². The third-order valence-electron chi connectivity index (χ3n) is 3.66. The van der Waals surface area contributed by atoms with Crippen molar-refractivity contribution in [3.63, 3.8) is 0 Å². The third-order valence-corrected chi connectivity index (χ3v) is 4.77. The Labute approximate surface area is 126 Å².